The average Bonchev–Trinajstić information content (AvgIpc) is 3.05. The topological polar surface area (TPSA) is 40.6 Å². The van der Waals surface area contributed by atoms with E-state index >= 15 is 0 Å². The molecule has 160 valence electrons. The minimum absolute atomic E-state index is 0.238. The number of rotatable bonds is 3. The summed E-state index contributed by atoms with van der Waals surface area (Å²) in [7, 11) is 0. The Balaban J connectivity index is 1.72. The molecule has 4 nitrogen and oxygen atoms in total. The van der Waals surface area contributed by atoms with Crippen molar-refractivity contribution < 1.29 is 14.0 Å². The van der Waals surface area contributed by atoms with Crippen molar-refractivity contribution in [2.45, 2.75) is 26.7 Å². The lowest BCUT2D eigenvalue weighted by molar-refractivity contribution is -0.120. The van der Waals surface area contributed by atoms with Gasteiger partial charge in [0, 0.05) is 12.2 Å². The van der Waals surface area contributed by atoms with Gasteiger partial charge < -0.3 is 4.90 Å². The highest BCUT2D eigenvalue weighted by Crippen LogP contribution is 2.39. The number of carbonyl (C=O) groups excluding carboxylic acids is 2. The molecule has 0 atom stereocenters. The summed E-state index contributed by atoms with van der Waals surface area (Å²) < 4.78 is 14.0. The summed E-state index contributed by atoms with van der Waals surface area (Å²) >= 11 is 0. The van der Waals surface area contributed by atoms with Crippen LogP contribution in [0.25, 0.3) is 5.57 Å². The molecule has 3 aromatic carbocycles. The molecule has 0 saturated heterocycles. The Morgan fingerprint density at radius 1 is 0.844 bits per heavy atom. The number of hydrogen-bond donors (Lipinski definition) is 0. The number of fused-ring (bicyclic) bond motifs is 1. The van der Waals surface area contributed by atoms with Crippen LogP contribution in [0.3, 0.4) is 0 Å². The minimum atomic E-state index is -0.493. The molecule has 0 bridgehead atoms. The van der Waals surface area contributed by atoms with Crippen molar-refractivity contribution in [1.82, 2.24) is 0 Å². The highest BCUT2D eigenvalue weighted by Gasteiger charge is 2.43. The van der Waals surface area contributed by atoms with Crippen molar-refractivity contribution in [3.8, 4) is 0 Å². The van der Waals surface area contributed by atoms with Gasteiger partial charge in [-0.2, -0.15) is 0 Å². The molecule has 0 fully saturated rings. The van der Waals surface area contributed by atoms with Crippen molar-refractivity contribution in [2.75, 3.05) is 16.3 Å². The fraction of sp³-hybridized carbons (Fsp3) is 0.185. The SMILES string of the molecule is Cc1ccc(C2=C(N3CCCc4ccccc43)C(=O)N(c3cccc(F)c3)C2=O)cc1C. The highest BCUT2D eigenvalue weighted by atomic mass is 19.1. The van der Waals surface area contributed by atoms with E-state index in [0.717, 1.165) is 40.1 Å². The largest absolute Gasteiger partial charge is 0.336 e. The van der Waals surface area contributed by atoms with E-state index in [-0.39, 0.29) is 5.69 Å². The van der Waals surface area contributed by atoms with Crippen molar-refractivity contribution in [2.24, 2.45) is 0 Å². The Bertz CT molecular complexity index is 1290. The van der Waals surface area contributed by atoms with Gasteiger partial charge in [-0.25, -0.2) is 9.29 Å². The highest BCUT2D eigenvalue weighted by molar-refractivity contribution is 6.46. The van der Waals surface area contributed by atoms with Gasteiger partial charge >= 0.3 is 0 Å². The maximum Gasteiger partial charge on any atom is 0.282 e. The summed E-state index contributed by atoms with van der Waals surface area (Å²) in [5.41, 5.74) is 5.89. The van der Waals surface area contributed by atoms with E-state index < -0.39 is 17.6 Å². The van der Waals surface area contributed by atoms with Crippen LogP contribution in [-0.4, -0.2) is 18.4 Å². The molecule has 0 spiro atoms. The number of imide groups is 1. The van der Waals surface area contributed by atoms with Crippen LogP contribution in [0.15, 0.2) is 72.4 Å². The zero-order valence-corrected chi connectivity index (χ0v) is 18.1. The third kappa shape index (κ3) is 3.21. The molecule has 0 saturated carbocycles. The van der Waals surface area contributed by atoms with E-state index in [0.29, 0.717) is 23.4 Å². The molecule has 5 heteroatoms. The number of nitrogens with zero attached hydrogens (tertiary/aromatic N) is 2. The van der Waals surface area contributed by atoms with Gasteiger partial charge in [0.05, 0.1) is 11.3 Å². The lowest BCUT2D eigenvalue weighted by Gasteiger charge is -2.32. The summed E-state index contributed by atoms with van der Waals surface area (Å²) in [4.78, 5) is 30.5. The second-order valence-electron chi connectivity index (χ2n) is 8.33. The number of amides is 2. The molecule has 0 unspecified atom stereocenters. The van der Waals surface area contributed by atoms with Crippen LogP contribution in [0.5, 0.6) is 0 Å². The molecule has 0 aliphatic carbocycles. The van der Waals surface area contributed by atoms with Gasteiger partial charge in [0.1, 0.15) is 11.5 Å². The van der Waals surface area contributed by atoms with Gasteiger partial charge in [-0.1, -0.05) is 42.5 Å². The first-order chi connectivity index (χ1) is 15.5. The smallest absolute Gasteiger partial charge is 0.282 e. The summed E-state index contributed by atoms with van der Waals surface area (Å²) in [6.45, 7) is 4.63. The third-order valence-electron chi connectivity index (χ3n) is 6.30. The van der Waals surface area contributed by atoms with E-state index in [9.17, 15) is 14.0 Å². The quantitative estimate of drug-likeness (QED) is 0.542. The van der Waals surface area contributed by atoms with Crippen LogP contribution >= 0.6 is 0 Å². The number of para-hydroxylation sites is 1. The molecular formula is C27H23FN2O2. The van der Waals surface area contributed by atoms with Crippen molar-refractivity contribution in [3.63, 3.8) is 0 Å². The Morgan fingerprint density at radius 3 is 2.44 bits per heavy atom. The second-order valence-corrected chi connectivity index (χ2v) is 8.33. The molecule has 0 aromatic heterocycles. The van der Waals surface area contributed by atoms with Crippen LogP contribution in [0.4, 0.5) is 15.8 Å². The molecule has 0 N–H and O–H groups in total. The lowest BCUT2D eigenvalue weighted by Crippen LogP contribution is -2.37. The van der Waals surface area contributed by atoms with Gasteiger partial charge in [0.2, 0.25) is 0 Å². The second kappa shape index (κ2) is 7.75. The summed E-state index contributed by atoms with van der Waals surface area (Å²) in [5, 5.41) is 0. The first-order valence-electron chi connectivity index (χ1n) is 10.8. The zero-order chi connectivity index (χ0) is 22.4. The Kier molecular flexibility index (Phi) is 4.89. The number of carbonyl (C=O) groups is 2. The van der Waals surface area contributed by atoms with Gasteiger partial charge in [0.15, 0.2) is 0 Å². The fourth-order valence-corrected chi connectivity index (χ4v) is 4.54. The number of benzene rings is 3. The normalized spacial score (nSPS) is 16.1. The first-order valence-corrected chi connectivity index (χ1v) is 10.8. The maximum absolute atomic E-state index is 14.0. The summed E-state index contributed by atoms with van der Waals surface area (Å²) in [5.74, 6) is -1.35. The maximum atomic E-state index is 14.0. The van der Waals surface area contributed by atoms with Crippen molar-refractivity contribution >= 4 is 28.8 Å². The van der Waals surface area contributed by atoms with Crippen molar-refractivity contribution in [3.05, 3.63) is 100 Å². The van der Waals surface area contributed by atoms with Gasteiger partial charge in [-0.15, -0.1) is 0 Å². The molecular weight excluding hydrogens is 403 g/mol. The molecule has 0 radical (unpaired) electrons. The van der Waals surface area contributed by atoms with Crippen LogP contribution in [0.2, 0.25) is 0 Å². The van der Waals surface area contributed by atoms with E-state index in [1.807, 2.05) is 55.1 Å². The molecule has 2 aliphatic heterocycles. The minimum Gasteiger partial charge on any atom is -0.336 e. The summed E-state index contributed by atoms with van der Waals surface area (Å²) in [6.07, 6.45) is 1.80. The summed E-state index contributed by atoms with van der Waals surface area (Å²) in [6, 6.07) is 19.4. The Labute approximate surface area is 186 Å². The van der Waals surface area contributed by atoms with Gasteiger partial charge in [0.25, 0.3) is 11.8 Å². The zero-order valence-electron chi connectivity index (χ0n) is 18.1. The number of hydrogen-bond acceptors (Lipinski definition) is 3. The van der Waals surface area contributed by atoms with Crippen molar-refractivity contribution in [1.29, 1.82) is 0 Å². The molecule has 5 rings (SSSR count). The van der Waals surface area contributed by atoms with E-state index in [1.165, 1.54) is 18.2 Å². The van der Waals surface area contributed by atoms with E-state index in [2.05, 4.69) is 6.07 Å². The average molecular weight is 426 g/mol. The predicted octanol–water partition coefficient (Wildman–Crippen LogP) is 5.18. The number of halogens is 1. The predicted molar refractivity (Wildman–Crippen MR) is 124 cm³/mol. The Morgan fingerprint density at radius 2 is 1.66 bits per heavy atom. The molecule has 32 heavy (non-hydrogen) atoms. The molecule has 2 amide bonds. The van der Waals surface area contributed by atoms with Crippen LogP contribution < -0.4 is 9.80 Å². The molecule has 2 aliphatic rings. The molecule has 3 aromatic rings. The number of aryl methyl sites for hydroxylation is 3. The standard InChI is InChI=1S/C27H23FN2O2/c1-17-12-13-20(15-18(17)2)24-25(29-14-6-8-19-7-3-4-11-23(19)29)27(32)30(26(24)31)22-10-5-9-21(28)16-22/h3-5,7,9-13,15-16H,6,8,14H2,1-2H3. The van der Waals surface area contributed by atoms with Crippen LogP contribution in [0, 0.1) is 19.7 Å². The van der Waals surface area contributed by atoms with Gasteiger partial charge in [-0.3, -0.25) is 9.59 Å². The monoisotopic (exact) mass is 426 g/mol. The van der Waals surface area contributed by atoms with E-state index in [1.54, 1.807) is 6.07 Å². The third-order valence-corrected chi connectivity index (χ3v) is 6.30. The number of anilines is 2. The molecule has 2 heterocycles. The van der Waals surface area contributed by atoms with Gasteiger partial charge in [-0.05, 0) is 73.2 Å². The van der Waals surface area contributed by atoms with E-state index in [4.69, 9.17) is 0 Å². The fourth-order valence-electron chi connectivity index (χ4n) is 4.54. The lowest BCUT2D eigenvalue weighted by atomic mass is 9.97. The Hall–Kier alpha value is -3.73. The van der Waals surface area contributed by atoms with Crippen LogP contribution in [-0.2, 0) is 16.0 Å². The first kappa shape index (κ1) is 20.2. The van der Waals surface area contributed by atoms with Crippen LogP contribution in [0.1, 0.15) is 28.7 Å².